The lowest BCUT2D eigenvalue weighted by Crippen LogP contribution is -2.18. The predicted octanol–water partition coefficient (Wildman–Crippen LogP) is 4.26. The molecule has 0 saturated heterocycles. The van der Waals surface area contributed by atoms with Crippen LogP contribution in [0.15, 0.2) is 53.4 Å². The third kappa shape index (κ3) is 2.49. The number of H-pyrrole nitrogens is 1. The smallest absolute Gasteiger partial charge is 0.165 e. The summed E-state index contributed by atoms with van der Waals surface area (Å²) in [5.41, 5.74) is 7.15. The summed E-state index contributed by atoms with van der Waals surface area (Å²) >= 11 is 3.74. The van der Waals surface area contributed by atoms with Crippen LogP contribution in [0.4, 0.5) is 5.82 Å². The average Bonchev–Trinajstić information content (AvgIpc) is 3.44. The standard InChI is InChI=1S/C21H16BrN7/c1-12-19(22)21(28-10-15-8-24-27-18(15)11-28)26-20-16(9-25-29(12)20)14-6-13-4-2-3-5-17(13)23-7-14/h2-9H,10-11H2,1H3,(H,24,27). The van der Waals surface area contributed by atoms with Gasteiger partial charge in [0.1, 0.15) is 5.82 Å². The van der Waals surface area contributed by atoms with Gasteiger partial charge in [0.05, 0.1) is 40.3 Å². The summed E-state index contributed by atoms with van der Waals surface area (Å²) in [7, 11) is 0. The SMILES string of the molecule is Cc1c(Br)c(N2Cc3cn[nH]c3C2)nc2c(-c3cnc4ccccc4c3)cnn12. The van der Waals surface area contributed by atoms with E-state index in [-0.39, 0.29) is 0 Å². The number of halogens is 1. The monoisotopic (exact) mass is 445 g/mol. The minimum Gasteiger partial charge on any atom is -0.345 e. The van der Waals surface area contributed by atoms with E-state index in [1.165, 1.54) is 5.56 Å². The topological polar surface area (TPSA) is 75.0 Å². The van der Waals surface area contributed by atoms with E-state index in [1.54, 1.807) is 0 Å². The lowest BCUT2D eigenvalue weighted by Gasteiger charge is -2.20. The molecule has 1 N–H and O–H groups in total. The largest absolute Gasteiger partial charge is 0.345 e. The van der Waals surface area contributed by atoms with Gasteiger partial charge in [0, 0.05) is 34.8 Å². The van der Waals surface area contributed by atoms with Crippen molar-refractivity contribution in [3.8, 4) is 11.1 Å². The molecule has 4 aromatic heterocycles. The fraction of sp³-hybridized carbons (Fsp3) is 0.143. The van der Waals surface area contributed by atoms with Gasteiger partial charge in [0.2, 0.25) is 0 Å². The Hall–Kier alpha value is -3.26. The van der Waals surface area contributed by atoms with Crippen molar-refractivity contribution in [2.45, 2.75) is 20.0 Å². The number of pyridine rings is 1. The van der Waals surface area contributed by atoms with Gasteiger partial charge in [-0.1, -0.05) is 18.2 Å². The van der Waals surface area contributed by atoms with Crippen molar-refractivity contribution >= 4 is 38.3 Å². The molecule has 6 rings (SSSR count). The highest BCUT2D eigenvalue weighted by molar-refractivity contribution is 9.10. The molecule has 0 amide bonds. The zero-order valence-corrected chi connectivity index (χ0v) is 17.2. The van der Waals surface area contributed by atoms with Crippen molar-refractivity contribution in [2.75, 3.05) is 4.90 Å². The van der Waals surface area contributed by atoms with E-state index in [4.69, 9.17) is 4.98 Å². The van der Waals surface area contributed by atoms with Gasteiger partial charge in [0.25, 0.3) is 0 Å². The van der Waals surface area contributed by atoms with Crippen LogP contribution < -0.4 is 4.90 Å². The fourth-order valence-corrected chi connectivity index (χ4v) is 4.45. The van der Waals surface area contributed by atoms with Gasteiger partial charge in [-0.2, -0.15) is 10.2 Å². The molecule has 5 aromatic rings. The molecule has 0 radical (unpaired) electrons. The van der Waals surface area contributed by atoms with E-state index in [1.807, 2.05) is 41.3 Å². The van der Waals surface area contributed by atoms with Crippen LogP contribution in [-0.4, -0.2) is 29.8 Å². The highest BCUT2D eigenvalue weighted by atomic mass is 79.9. The minimum absolute atomic E-state index is 0.761. The fourth-order valence-electron chi connectivity index (χ4n) is 3.94. The number of benzene rings is 1. The molecular formula is C21H16BrN7. The van der Waals surface area contributed by atoms with Gasteiger partial charge in [-0.05, 0) is 35.0 Å². The summed E-state index contributed by atoms with van der Waals surface area (Å²) in [5.74, 6) is 0.912. The molecule has 142 valence electrons. The number of nitrogens with zero attached hydrogens (tertiary/aromatic N) is 6. The number of hydrogen-bond acceptors (Lipinski definition) is 5. The van der Waals surface area contributed by atoms with E-state index in [2.05, 4.69) is 60.2 Å². The third-order valence-electron chi connectivity index (χ3n) is 5.51. The number of aromatic nitrogens is 6. The number of anilines is 1. The highest BCUT2D eigenvalue weighted by Gasteiger charge is 2.26. The molecule has 0 saturated carbocycles. The van der Waals surface area contributed by atoms with Gasteiger partial charge in [-0.3, -0.25) is 10.1 Å². The molecule has 0 spiro atoms. The molecular weight excluding hydrogens is 430 g/mol. The average molecular weight is 446 g/mol. The molecule has 1 aliphatic rings. The Morgan fingerprint density at radius 2 is 2.00 bits per heavy atom. The summed E-state index contributed by atoms with van der Waals surface area (Å²) in [5, 5.41) is 12.9. The van der Waals surface area contributed by atoms with Crippen molar-refractivity contribution < 1.29 is 0 Å². The zero-order chi connectivity index (χ0) is 19.5. The number of aromatic amines is 1. The summed E-state index contributed by atoms with van der Waals surface area (Å²) in [4.78, 5) is 11.9. The summed E-state index contributed by atoms with van der Waals surface area (Å²) in [6, 6.07) is 10.3. The second kappa shape index (κ2) is 6.12. The maximum atomic E-state index is 5.01. The highest BCUT2D eigenvalue weighted by Crippen LogP contribution is 2.36. The van der Waals surface area contributed by atoms with Crippen LogP contribution >= 0.6 is 15.9 Å². The predicted molar refractivity (Wildman–Crippen MR) is 115 cm³/mol. The van der Waals surface area contributed by atoms with Crippen LogP contribution in [0.2, 0.25) is 0 Å². The van der Waals surface area contributed by atoms with E-state index >= 15 is 0 Å². The number of rotatable bonds is 2. The van der Waals surface area contributed by atoms with E-state index < -0.39 is 0 Å². The normalized spacial score (nSPS) is 13.5. The minimum atomic E-state index is 0.761. The van der Waals surface area contributed by atoms with Crippen LogP contribution in [0, 0.1) is 6.92 Å². The van der Waals surface area contributed by atoms with Crippen LogP contribution in [0.1, 0.15) is 17.0 Å². The quantitative estimate of drug-likeness (QED) is 0.439. The van der Waals surface area contributed by atoms with Crippen molar-refractivity contribution in [3.63, 3.8) is 0 Å². The number of fused-ring (bicyclic) bond motifs is 3. The van der Waals surface area contributed by atoms with Gasteiger partial charge in [-0.15, -0.1) is 0 Å². The third-order valence-corrected chi connectivity index (χ3v) is 6.43. The number of aryl methyl sites for hydroxylation is 1. The first-order valence-corrected chi connectivity index (χ1v) is 10.1. The molecule has 1 aromatic carbocycles. The van der Waals surface area contributed by atoms with Crippen LogP contribution in [0.25, 0.3) is 27.7 Å². The second-order valence-electron chi connectivity index (χ2n) is 7.28. The Bertz CT molecular complexity index is 1380. The van der Waals surface area contributed by atoms with Gasteiger partial charge >= 0.3 is 0 Å². The lowest BCUT2D eigenvalue weighted by molar-refractivity contribution is 0.806. The maximum Gasteiger partial charge on any atom is 0.165 e. The van der Waals surface area contributed by atoms with E-state index in [9.17, 15) is 0 Å². The molecule has 0 aliphatic carbocycles. The Kier molecular flexibility index (Phi) is 3.52. The van der Waals surface area contributed by atoms with Crippen LogP contribution in [0.5, 0.6) is 0 Å². The molecule has 0 atom stereocenters. The number of nitrogens with one attached hydrogen (secondary N) is 1. The first-order chi connectivity index (χ1) is 14.2. The lowest BCUT2D eigenvalue weighted by atomic mass is 10.1. The Labute approximate surface area is 174 Å². The van der Waals surface area contributed by atoms with Gasteiger partial charge in [-0.25, -0.2) is 9.50 Å². The van der Waals surface area contributed by atoms with E-state index in [0.717, 1.165) is 62.4 Å². The summed E-state index contributed by atoms with van der Waals surface area (Å²) < 4.78 is 2.84. The van der Waals surface area contributed by atoms with Crippen molar-refractivity contribution in [2.24, 2.45) is 0 Å². The van der Waals surface area contributed by atoms with Crippen molar-refractivity contribution in [1.82, 2.24) is 29.8 Å². The summed E-state index contributed by atoms with van der Waals surface area (Å²) in [6.45, 7) is 3.60. The molecule has 1 aliphatic heterocycles. The Morgan fingerprint density at radius 1 is 1.10 bits per heavy atom. The molecule has 29 heavy (non-hydrogen) atoms. The molecule has 8 heteroatoms. The van der Waals surface area contributed by atoms with Crippen molar-refractivity contribution in [3.05, 3.63) is 70.3 Å². The van der Waals surface area contributed by atoms with Crippen LogP contribution in [-0.2, 0) is 13.1 Å². The molecule has 7 nitrogen and oxygen atoms in total. The van der Waals surface area contributed by atoms with Crippen molar-refractivity contribution in [1.29, 1.82) is 0 Å². The first-order valence-electron chi connectivity index (χ1n) is 9.34. The molecule has 0 bridgehead atoms. The van der Waals surface area contributed by atoms with Crippen LogP contribution in [0.3, 0.4) is 0 Å². The van der Waals surface area contributed by atoms with Gasteiger partial charge < -0.3 is 4.90 Å². The number of para-hydroxylation sites is 1. The molecule has 0 unspecified atom stereocenters. The second-order valence-corrected chi connectivity index (χ2v) is 8.07. The molecule has 5 heterocycles. The Morgan fingerprint density at radius 3 is 2.90 bits per heavy atom. The summed E-state index contributed by atoms with van der Waals surface area (Å²) in [6.07, 6.45) is 5.65. The number of hydrogen-bond donors (Lipinski definition) is 1. The zero-order valence-electron chi connectivity index (χ0n) is 15.6. The first kappa shape index (κ1) is 16.7. The molecule has 0 fully saturated rings. The van der Waals surface area contributed by atoms with E-state index in [0.29, 0.717) is 0 Å². The maximum absolute atomic E-state index is 5.01. The van der Waals surface area contributed by atoms with Gasteiger partial charge in [0.15, 0.2) is 5.65 Å². The Balaban J connectivity index is 1.51.